The summed E-state index contributed by atoms with van der Waals surface area (Å²) in [5.74, 6) is 0.0357. The van der Waals surface area contributed by atoms with E-state index in [2.05, 4.69) is 15.0 Å². The predicted molar refractivity (Wildman–Crippen MR) is 110 cm³/mol. The van der Waals surface area contributed by atoms with Crippen LogP contribution in [-0.4, -0.2) is 26.4 Å². The van der Waals surface area contributed by atoms with Gasteiger partial charge in [0.25, 0.3) is 10.0 Å². The summed E-state index contributed by atoms with van der Waals surface area (Å²) in [4.78, 5) is 15.7. The van der Waals surface area contributed by atoms with Crippen molar-refractivity contribution >= 4 is 38.1 Å². The number of carbonyl (C=O) groups is 1. The van der Waals surface area contributed by atoms with Gasteiger partial charge in [-0.05, 0) is 25.1 Å². The predicted octanol–water partition coefficient (Wildman–Crippen LogP) is 3.89. The number of anilines is 2. The van der Waals surface area contributed by atoms with E-state index < -0.39 is 10.0 Å². The fourth-order valence-corrected chi connectivity index (χ4v) is 4.49. The van der Waals surface area contributed by atoms with E-state index in [9.17, 15) is 13.2 Å². The molecule has 0 radical (unpaired) electrons. The Morgan fingerprint density at radius 3 is 2.50 bits per heavy atom. The Morgan fingerprint density at radius 1 is 1.14 bits per heavy atom. The molecule has 3 aromatic rings. The molecule has 0 saturated carbocycles. The van der Waals surface area contributed by atoms with Gasteiger partial charge in [-0.15, -0.1) is 11.3 Å². The maximum absolute atomic E-state index is 12.7. The highest BCUT2D eigenvalue weighted by Crippen LogP contribution is 2.30. The van der Waals surface area contributed by atoms with Crippen molar-refractivity contribution in [2.45, 2.75) is 18.7 Å². The second kappa shape index (κ2) is 7.99. The summed E-state index contributed by atoms with van der Waals surface area (Å²) < 4.78 is 33.1. The Kier molecular flexibility index (Phi) is 5.66. The lowest BCUT2D eigenvalue weighted by molar-refractivity contribution is -0.114. The summed E-state index contributed by atoms with van der Waals surface area (Å²) in [7, 11) is -2.44. The first-order chi connectivity index (χ1) is 13.3. The number of amides is 1. The van der Waals surface area contributed by atoms with Crippen LogP contribution in [0.2, 0.25) is 0 Å². The molecular formula is C19H19N3O4S2. The quantitative estimate of drug-likeness (QED) is 0.634. The third-order valence-electron chi connectivity index (χ3n) is 3.87. The fourth-order valence-electron chi connectivity index (χ4n) is 2.49. The molecule has 146 valence electrons. The number of ether oxygens (including phenoxy) is 1. The number of methoxy groups -OCH3 is 1. The number of rotatable bonds is 6. The first kappa shape index (κ1) is 19.8. The van der Waals surface area contributed by atoms with Crippen LogP contribution in [0.4, 0.5) is 10.8 Å². The van der Waals surface area contributed by atoms with Crippen molar-refractivity contribution in [2.75, 3.05) is 17.1 Å². The fraction of sp³-hybridized carbons (Fsp3) is 0.158. The number of aromatic nitrogens is 1. The third kappa shape index (κ3) is 4.49. The van der Waals surface area contributed by atoms with Crippen LogP contribution < -0.4 is 14.8 Å². The van der Waals surface area contributed by atoms with Gasteiger partial charge >= 0.3 is 0 Å². The molecule has 1 aromatic heterocycles. The second-order valence-corrected chi connectivity index (χ2v) is 8.59. The Hall–Kier alpha value is -2.91. The van der Waals surface area contributed by atoms with Gasteiger partial charge < -0.3 is 10.1 Å². The number of sulfonamides is 1. The standard InChI is InChI=1S/C19H19N3O4S2/c1-12-4-6-14(7-5-12)17-11-27-19(21-17)22-28(24,25)15-8-9-18(26-3)16(10-15)20-13(2)23/h4-11H,1-3H3,(H,20,23)(H,21,22). The van der Waals surface area contributed by atoms with Crippen LogP contribution in [-0.2, 0) is 14.8 Å². The number of nitrogens with one attached hydrogen (secondary N) is 2. The average Bonchev–Trinajstić information content (AvgIpc) is 3.09. The normalized spacial score (nSPS) is 11.1. The Labute approximate surface area is 167 Å². The van der Waals surface area contributed by atoms with Gasteiger partial charge in [-0.1, -0.05) is 29.8 Å². The number of thiazole rings is 1. The van der Waals surface area contributed by atoms with Crippen LogP contribution in [0.15, 0.2) is 52.7 Å². The first-order valence-electron chi connectivity index (χ1n) is 8.29. The minimum absolute atomic E-state index is 0.0101. The molecule has 0 atom stereocenters. The van der Waals surface area contributed by atoms with E-state index >= 15 is 0 Å². The zero-order valence-electron chi connectivity index (χ0n) is 15.5. The number of benzene rings is 2. The SMILES string of the molecule is COc1ccc(S(=O)(=O)Nc2nc(-c3ccc(C)cc3)cs2)cc1NC(C)=O. The van der Waals surface area contributed by atoms with Crippen molar-refractivity contribution in [3.05, 3.63) is 53.4 Å². The maximum atomic E-state index is 12.7. The van der Waals surface area contributed by atoms with Gasteiger partial charge in [-0.2, -0.15) is 0 Å². The monoisotopic (exact) mass is 417 g/mol. The zero-order chi connectivity index (χ0) is 20.3. The molecule has 2 N–H and O–H groups in total. The van der Waals surface area contributed by atoms with E-state index in [0.717, 1.165) is 11.1 Å². The molecule has 28 heavy (non-hydrogen) atoms. The van der Waals surface area contributed by atoms with E-state index in [4.69, 9.17) is 4.74 Å². The van der Waals surface area contributed by atoms with Crippen molar-refractivity contribution in [1.82, 2.24) is 4.98 Å². The lowest BCUT2D eigenvalue weighted by atomic mass is 10.1. The first-order valence-corrected chi connectivity index (χ1v) is 10.7. The topological polar surface area (TPSA) is 97.4 Å². The largest absolute Gasteiger partial charge is 0.495 e. The molecule has 0 aliphatic heterocycles. The van der Waals surface area contributed by atoms with Crippen molar-refractivity contribution in [3.8, 4) is 17.0 Å². The van der Waals surface area contributed by atoms with Crippen LogP contribution >= 0.6 is 11.3 Å². The van der Waals surface area contributed by atoms with Gasteiger partial charge in [0.05, 0.1) is 23.4 Å². The Bertz CT molecular complexity index is 1110. The summed E-state index contributed by atoms with van der Waals surface area (Å²) >= 11 is 1.20. The summed E-state index contributed by atoms with van der Waals surface area (Å²) in [5, 5.41) is 4.61. The molecule has 0 unspecified atom stereocenters. The van der Waals surface area contributed by atoms with Gasteiger partial charge in [0.2, 0.25) is 5.91 Å². The highest BCUT2D eigenvalue weighted by Gasteiger charge is 2.19. The second-order valence-electron chi connectivity index (χ2n) is 6.05. The van der Waals surface area contributed by atoms with Gasteiger partial charge in [0.1, 0.15) is 5.75 Å². The molecule has 7 nitrogen and oxygen atoms in total. The average molecular weight is 418 g/mol. The van der Waals surface area contributed by atoms with Crippen molar-refractivity contribution < 1.29 is 17.9 Å². The lowest BCUT2D eigenvalue weighted by Crippen LogP contribution is -2.14. The minimum Gasteiger partial charge on any atom is -0.495 e. The Morgan fingerprint density at radius 2 is 1.86 bits per heavy atom. The van der Waals surface area contributed by atoms with Gasteiger partial charge in [-0.3, -0.25) is 9.52 Å². The molecular weight excluding hydrogens is 398 g/mol. The third-order valence-corrected chi connectivity index (χ3v) is 6.09. The molecule has 1 amide bonds. The van der Waals surface area contributed by atoms with Crippen LogP contribution in [0, 0.1) is 6.92 Å². The van der Waals surface area contributed by atoms with E-state index in [1.807, 2.05) is 31.2 Å². The molecule has 0 fully saturated rings. The molecule has 9 heteroatoms. The van der Waals surface area contributed by atoms with Crippen LogP contribution in [0.5, 0.6) is 5.75 Å². The van der Waals surface area contributed by atoms with Crippen LogP contribution in [0.1, 0.15) is 12.5 Å². The molecule has 0 spiro atoms. The van der Waals surface area contributed by atoms with Crippen LogP contribution in [0.3, 0.4) is 0 Å². The van der Waals surface area contributed by atoms with Crippen molar-refractivity contribution in [2.24, 2.45) is 0 Å². The van der Waals surface area contributed by atoms with Crippen LogP contribution in [0.25, 0.3) is 11.3 Å². The smallest absolute Gasteiger partial charge is 0.263 e. The maximum Gasteiger partial charge on any atom is 0.263 e. The summed E-state index contributed by atoms with van der Waals surface area (Å²) in [5.41, 5.74) is 3.01. The highest BCUT2D eigenvalue weighted by atomic mass is 32.2. The number of hydrogen-bond donors (Lipinski definition) is 2. The number of nitrogens with zero attached hydrogens (tertiary/aromatic N) is 1. The molecule has 1 heterocycles. The summed E-state index contributed by atoms with van der Waals surface area (Å²) in [6, 6.07) is 12.0. The van der Waals surface area contributed by atoms with Gasteiger partial charge in [0, 0.05) is 17.9 Å². The van der Waals surface area contributed by atoms with Gasteiger partial charge in [0.15, 0.2) is 5.13 Å². The molecule has 0 aliphatic rings. The number of carbonyl (C=O) groups excluding carboxylic acids is 1. The van der Waals surface area contributed by atoms with E-state index in [1.165, 1.54) is 43.6 Å². The lowest BCUT2D eigenvalue weighted by Gasteiger charge is -2.11. The van der Waals surface area contributed by atoms with Crippen molar-refractivity contribution in [3.63, 3.8) is 0 Å². The Balaban J connectivity index is 1.86. The summed E-state index contributed by atoms with van der Waals surface area (Å²) in [6.07, 6.45) is 0. The molecule has 3 rings (SSSR count). The van der Waals surface area contributed by atoms with E-state index in [1.54, 1.807) is 5.38 Å². The van der Waals surface area contributed by atoms with E-state index in [-0.39, 0.29) is 21.6 Å². The highest BCUT2D eigenvalue weighted by molar-refractivity contribution is 7.93. The minimum atomic E-state index is -3.88. The molecule has 0 bridgehead atoms. The summed E-state index contributed by atoms with van der Waals surface area (Å²) in [6.45, 7) is 3.33. The molecule has 2 aromatic carbocycles. The van der Waals surface area contributed by atoms with E-state index in [0.29, 0.717) is 11.4 Å². The number of aryl methyl sites for hydroxylation is 1. The molecule has 0 aliphatic carbocycles. The molecule has 0 saturated heterocycles. The zero-order valence-corrected chi connectivity index (χ0v) is 17.1. The van der Waals surface area contributed by atoms with Crippen molar-refractivity contribution in [1.29, 1.82) is 0 Å². The van der Waals surface area contributed by atoms with Gasteiger partial charge in [-0.25, -0.2) is 13.4 Å². The number of hydrogen-bond acceptors (Lipinski definition) is 6.